The Morgan fingerprint density at radius 2 is 2.32 bits per heavy atom. The molecule has 7 heteroatoms. The van der Waals surface area contributed by atoms with E-state index in [1.807, 2.05) is 12.1 Å². The zero-order valence-electron chi connectivity index (χ0n) is 13.7. The largest absolute Gasteiger partial charge is 0.351 e. The Labute approximate surface area is 149 Å². The van der Waals surface area contributed by atoms with Crippen LogP contribution in [0, 0.1) is 6.92 Å². The van der Waals surface area contributed by atoms with Gasteiger partial charge in [-0.1, -0.05) is 23.8 Å². The molecule has 0 bridgehead atoms. The summed E-state index contributed by atoms with van der Waals surface area (Å²) in [6.07, 6.45) is 5.54. The van der Waals surface area contributed by atoms with Crippen molar-refractivity contribution in [1.82, 2.24) is 25.1 Å². The van der Waals surface area contributed by atoms with Crippen LogP contribution >= 0.6 is 11.8 Å². The van der Waals surface area contributed by atoms with Crippen LogP contribution in [0.1, 0.15) is 16.7 Å². The molecule has 6 nitrogen and oxygen atoms in total. The Kier molecular flexibility index (Phi) is 4.23. The first kappa shape index (κ1) is 15.8. The van der Waals surface area contributed by atoms with Crippen molar-refractivity contribution in [2.24, 2.45) is 0 Å². The van der Waals surface area contributed by atoms with Gasteiger partial charge >= 0.3 is 0 Å². The zero-order valence-corrected chi connectivity index (χ0v) is 14.5. The summed E-state index contributed by atoms with van der Waals surface area (Å²) in [5, 5.41) is 7.06. The van der Waals surface area contributed by atoms with E-state index in [2.05, 4.69) is 45.5 Å². The number of rotatable bonds is 4. The highest BCUT2D eigenvalue weighted by Gasteiger charge is 2.28. The zero-order chi connectivity index (χ0) is 17.2. The standard InChI is InChI=1S/C18H17N5OS/c1-12-4-5-13-8-16(25-15(13)7-12)18(24)21-9-14-3-2-6-20-17(14)23-11-19-10-22-23/h2-7,10-11,16H,8-9H2,1H3,(H,21,24)/t16-/m1/s1. The maximum atomic E-state index is 12.6. The molecule has 0 unspecified atom stereocenters. The van der Waals surface area contributed by atoms with Crippen LogP contribution in [0.2, 0.25) is 0 Å². The molecule has 0 spiro atoms. The van der Waals surface area contributed by atoms with E-state index in [4.69, 9.17) is 0 Å². The van der Waals surface area contributed by atoms with Gasteiger partial charge in [-0.2, -0.15) is 5.10 Å². The average molecular weight is 351 g/mol. The molecule has 2 aromatic heterocycles. The minimum Gasteiger partial charge on any atom is -0.351 e. The second-order valence-electron chi connectivity index (χ2n) is 5.97. The van der Waals surface area contributed by atoms with E-state index in [0.717, 1.165) is 12.0 Å². The predicted molar refractivity (Wildman–Crippen MR) is 95.5 cm³/mol. The molecule has 1 N–H and O–H groups in total. The summed E-state index contributed by atoms with van der Waals surface area (Å²) in [6.45, 7) is 2.48. The van der Waals surface area contributed by atoms with E-state index >= 15 is 0 Å². The highest BCUT2D eigenvalue weighted by molar-refractivity contribution is 8.01. The topological polar surface area (TPSA) is 72.7 Å². The minimum absolute atomic E-state index is 0.0484. The van der Waals surface area contributed by atoms with Gasteiger partial charge in [0.05, 0.1) is 5.25 Å². The summed E-state index contributed by atoms with van der Waals surface area (Å²) < 4.78 is 1.60. The number of nitrogens with zero attached hydrogens (tertiary/aromatic N) is 4. The van der Waals surface area contributed by atoms with Crippen LogP contribution in [0.25, 0.3) is 5.82 Å². The molecular formula is C18H17N5OS. The van der Waals surface area contributed by atoms with Crippen LogP contribution in [0.15, 0.2) is 54.1 Å². The number of carbonyl (C=O) groups excluding carboxylic acids is 1. The van der Waals surface area contributed by atoms with Gasteiger partial charge in [0, 0.05) is 23.2 Å². The SMILES string of the molecule is Cc1ccc2c(c1)S[C@@H](C(=O)NCc1cccnc1-n1cncn1)C2. The summed E-state index contributed by atoms with van der Waals surface area (Å²) in [5.41, 5.74) is 3.37. The Morgan fingerprint density at radius 1 is 1.40 bits per heavy atom. The summed E-state index contributed by atoms with van der Waals surface area (Å²) >= 11 is 1.64. The van der Waals surface area contributed by atoms with Gasteiger partial charge in [-0.3, -0.25) is 4.79 Å². The minimum atomic E-state index is -0.0803. The van der Waals surface area contributed by atoms with Gasteiger partial charge in [-0.25, -0.2) is 14.6 Å². The first-order chi connectivity index (χ1) is 12.2. The number of nitrogens with one attached hydrogen (secondary N) is 1. The van der Waals surface area contributed by atoms with Crippen molar-refractivity contribution in [3.63, 3.8) is 0 Å². The highest BCUT2D eigenvalue weighted by atomic mass is 32.2. The molecule has 1 aliphatic rings. The van der Waals surface area contributed by atoms with Crippen molar-refractivity contribution >= 4 is 17.7 Å². The van der Waals surface area contributed by atoms with Crippen LogP contribution in [0.5, 0.6) is 0 Å². The van der Waals surface area contributed by atoms with E-state index in [0.29, 0.717) is 12.4 Å². The Balaban J connectivity index is 1.44. The predicted octanol–water partition coefficient (Wildman–Crippen LogP) is 2.30. The van der Waals surface area contributed by atoms with E-state index in [-0.39, 0.29) is 11.2 Å². The lowest BCUT2D eigenvalue weighted by Crippen LogP contribution is -2.32. The number of pyridine rings is 1. The number of benzene rings is 1. The number of aryl methyl sites for hydroxylation is 1. The van der Waals surface area contributed by atoms with E-state index in [1.165, 1.54) is 22.3 Å². The highest BCUT2D eigenvalue weighted by Crippen LogP contribution is 2.37. The molecule has 1 atom stereocenters. The number of hydrogen-bond acceptors (Lipinski definition) is 5. The van der Waals surface area contributed by atoms with Crippen LogP contribution in [-0.4, -0.2) is 30.9 Å². The average Bonchev–Trinajstić information content (AvgIpc) is 3.29. The molecule has 3 heterocycles. The van der Waals surface area contributed by atoms with Gasteiger partial charge < -0.3 is 5.32 Å². The molecular weight excluding hydrogens is 334 g/mol. The van der Waals surface area contributed by atoms with Crippen LogP contribution < -0.4 is 5.32 Å². The van der Waals surface area contributed by atoms with Crippen molar-refractivity contribution in [2.75, 3.05) is 0 Å². The van der Waals surface area contributed by atoms with Crippen molar-refractivity contribution < 1.29 is 4.79 Å². The van der Waals surface area contributed by atoms with Crippen molar-refractivity contribution in [2.45, 2.75) is 30.0 Å². The molecule has 4 rings (SSSR count). The third-order valence-electron chi connectivity index (χ3n) is 4.15. The van der Waals surface area contributed by atoms with Crippen molar-refractivity contribution in [3.05, 3.63) is 65.9 Å². The molecule has 25 heavy (non-hydrogen) atoms. The number of thioether (sulfide) groups is 1. The molecule has 126 valence electrons. The molecule has 0 aliphatic carbocycles. The fourth-order valence-electron chi connectivity index (χ4n) is 2.87. The first-order valence-corrected chi connectivity index (χ1v) is 8.91. The van der Waals surface area contributed by atoms with Crippen molar-refractivity contribution in [1.29, 1.82) is 0 Å². The Bertz CT molecular complexity index is 910. The maximum absolute atomic E-state index is 12.6. The van der Waals surface area contributed by atoms with Gasteiger partial charge in [0.1, 0.15) is 12.7 Å². The smallest absolute Gasteiger partial charge is 0.234 e. The lowest BCUT2D eigenvalue weighted by atomic mass is 10.1. The number of carbonyl (C=O) groups is 1. The van der Waals surface area contributed by atoms with Crippen LogP contribution in [0.4, 0.5) is 0 Å². The number of fused-ring (bicyclic) bond motifs is 1. The number of aromatic nitrogens is 4. The second kappa shape index (κ2) is 6.68. The fraction of sp³-hybridized carbons (Fsp3) is 0.222. The Morgan fingerprint density at radius 3 is 3.16 bits per heavy atom. The third-order valence-corrected chi connectivity index (χ3v) is 5.45. The monoisotopic (exact) mass is 351 g/mol. The summed E-state index contributed by atoms with van der Waals surface area (Å²) in [5.74, 6) is 0.727. The molecule has 1 aromatic carbocycles. The fourth-order valence-corrected chi connectivity index (χ4v) is 4.19. The second-order valence-corrected chi connectivity index (χ2v) is 7.21. The molecule has 0 saturated heterocycles. The lowest BCUT2D eigenvalue weighted by Gasteiger charge is -2.12. The third kappa shape index (κ3) is 3.28. The Hall–Kier alpha value is -2.67. The van der Waals surface area contributed by atoms with Crippen LogP contribution in [-0.2, 0) is 17.8 Å². The lowest BCUT2D eigenvalue weighted by molar-refractivity contribution is -0.120. The first-order valence-electron chi connectivity index (χ1n) is 8.03. The van der Waals surface area contributed by atoms with Crippen LogP contribution in [0.3, 0.4) is 0 Å². The molecule has 0 fully saturated rings. The summed E-state index contributed by atoms with van der Waals surface area (Å²) in [4.78, 5) is 22.1. The number of amides is 1. The van der Waals surface area contributed by atoms with Gasteiger partial charge in [0.15, 0.2) is 5.82 Å². The van der Waals surface area contributed by atoms with E-state index in [9.17, 15) is 4.79 Å². The molecule has 1 amide bonds. The molecule has 0 saturated carbocycles. The van der Waals surface area contributed by atoms with Crippen molar-refractivity contribution in [3.8, 4) is 5.82 Å². The van der Waals surface area contributed by atoms with E-state index < -0.39 is 0 Å². The van der Waals surface area contributed by atoms with Gasteiger partial charge in [0.2, 0.25) is 5.91 Å². The normalized spacial score (nSPS) is 15.8. The van der Waals surface area contributed by atoms with E-state index in [1.54, 1.807) is 29.0 Å². The van der Waals surface area contributed by atoms with Gasteiger partial charge in [0.25, 0.3) is 0 Å². The quantitative estimate of drug-likeness (QED) is 0.781. The molecule has 1 aliphatic heterocycles. The molecule has 0 radical (unpaired) electrons. The van der Waals surface area contributed by atoms with Gasteiger partial charge in [-0.05, 0) is 31.0 Å². The summed E-state index contributed by atoms with van der Waals surface area (Å²) in [7, 11) is 0. The number of hydrogen-bond donors (Lipinski definition) is 1. The molecule has 3 aromatic rings. The summed E-state index contributed by atoms with van der Waals surface area (Å²) in [6, 6.07) is 10.2. The maximum Gasteiger partial charge on any atom is 0.234 e. The van der Waals surface area contributed by atoms with Gasteiger partial charge in [-0.15, -0.1) is 11.8 Å².